The molecule has 1 aromatic rings. The zero-order chi connectivity index (χ0) is 15.3. The second-order valence-electron chi connectivity index (χ2n) is 5.55. The molecule has 0 unspecified atom stereocenters. The SMILES string of the molecule is CCCOc1ncc(NC(=O)C2(OC)CCCC2)cc1C. The molecular weight excluding hydrogens is 268 g/mol. The van der Waals surface area contributed by atoms with Crippen LogP contribution in [-0.4, -0.2) is 30.2 Å². The van der Waals surface area contributed by atoms with E-state index in [-0.39, 0.29) is 5.91 Å². The summed E-state index contributed by atoms with van der Waals surface area (Å²) in [5.41, 5.74) is 0.925. The van der Waals surface area contributed by atoms with E-state index in [0.717, 1.165) is 37.7 Å². The summed E-state index contributed by atoms with van der Waals surface area (Å²) in [6, 6.07) is 1.88. The van der Waals surface area contributed by atoms with Gasteiger partial charge < -0.3 is 14.8 Å². The van der Waals surface area contributed by atoms with Crippen LogP contribution in [0.15, 0.2) is 12.3 Å². The Morgan fingerprint density at radius 2 is 2.14 bits per heavy atom. The Hall–Kier alpha value is -1.62. The Kier molecular flexibility index (Phi) is 5.17. The van der Waals surface area contributed by atoms with Crippen molar-refractivity contribution < 1.29 is 14.3 Å². The minimum atomic E-state index is -0.675. The molecule has 1 aliphatic carbocycles. The van der Waals surface area contributed by atoms with Gasteiger partial charge in [0.15, 0.2) is 0 Å². The van der Waals surface area contributed by atoms with Crippen LogP contribution in [0.4, 0.5) is 5.69 Å². The molecule has 116 valence electrons. The zero-order valence-corrected chi connectivity index (χ0v) is 13.1. The number of carbonyl (C=O) groups is 1. The number of anilines is 1. The summed E-state index contributed by atoms with van der Waals surface area (Å²) in [6.45, 7) is 4.62. The molecule has 0 radical (unpaired) electrons. The standard InChI is InChI=1S/C16H24N2O3/c1-4-9-21-14-12(2)10-13(11-17-14)18-15(19)16(20-3)7-5-6-8-16/h10-11H,4-9H2,1-3H3,(H,18,19). The Labute approximate surface area is 126 Å². The molecule has 21 heavy (non-hydrogen) atoms. The van der Waals surface area contributed by atoms with Crippen LogP contribution < -0.4 is 10.1 Å². The Morgan fingerprint density at radius 3 is 2.71 bits per heavy atom. The van der Waals surface area contributed by atoms with Gasteiger partial charge in [-0.15, -0.1) is 0 Å². The lowest BCUT2D eigenvalue weighted by atomic mass is 10.0. The van der Waals surface area contributed by atoms with Gasteiger partial charge in [0.05, 0.1) is 18.5 Å². The zero-order valence-electron chi connectivity index (χ0n) is 13.1. The molecule has 5 heteroatoms. The maximum Gasteiger partial charge on any atom is 0.256 e. The second kappa shape index (κ2) is 6.89. The number of hydrogen-bond donors (Lipinski definition) is 1. The van der Waals surface area contributed by atoms with Gasteiger partial charge >= 0.3 is 0 Å². The van der Waals surface area contributed by atoms with E-state index in [2.05, 4.69) is 17.2 Å². The number of nitrogens with zero attached hydrogens (tertiary/aromatic N) is 1. The van der Waals surface area contributed by atoms with Gasteiger partial charge in [-0.1, -0.05) is 6.92 Å². The van der Waals surface area contributed by atoms with Gasteiger partial charge in [0.1, 0.15) is 5.60 Å². The molecule has 1 saturated carbocycles. The molecule has 2 rings (SSSR count). The normalized spacial score (nSPS) is 16.7. The number of hydrogen-bond acceptors (Lipinski definition) is 4. The van der Waals surface area contributed by atoms with Crippen LogP contribution in [-0.2, 0) is 9.53 Å². The van der Waals surface area contributed by atoms with Crippen molar-refractivity contribution in [3.05, 3.63) is 17.8 Å². The number of carbonyl (C=O) groups excluding carboxylic acids is 1. The van der Waals surface area contributed by atoms with Crippen molar-refractivity contribution >= 4 is 11.6 Å². The lowest BCUT2D eigenvalue weighted by Crippen LogP contribution is -2.42. The molecule has 0 saturated heterocycles. The molecule has 1 N–H and O–H groups in total. The molecule has 0 atom stereocenters. The van der Waals surface area contributed by atoms with Gasteiger partial charge in [0, 0.05) is 12.7 Å². The van der Waals surface area contributed by atoms with E-state index in [4.69, 9.17) is 9.47 Å². The van der Waals surface area contributed by atoms with Gasteiger partial charge in [-0.2, -0.15) is 0 Å². The summed E-state index contributed by atoms with van der Waals surface area (Å²) in [5, 5.41) is 2.92. The maximum atomic E-state index is 12.4. The predicted octanol–water partition coefficient (Wildman–Crippen LogP) is 3.08. The van der Waals surface area contributed by atoms with Crippen molar-refractivity contribution in [3.63, 3.8) is 0 Å². The summed E-state index contributed by atoms with van der Waals surface area (Å²) in [7, 11) is 1.61. The maximum absolute atomic E-state index is 12.4. The van der Waals surface area contributed by atoms with Crippen molar-refractivity contribution in [3.8, 4) is 5.88 Å². The largest absolute Gasteiger partial charge is 0.477 e. The van der Waals surface area contributed by atoms with Gasteiger partial charge in [-0.3, -0.25) is 4.79 Å². The third-order valence-corrected chi connectivity index (χ3v) is 3.95. The van der Waals surface area contributed by atoms with Crippen LogP contribution >= 0.6 is 0 Å². The number of methoxy groups -OCH3 is 1. The monoisotopic (exact) mass is 292 g/mol. The van der Waals surface area contributed by atoms with Crippen LogP contribution in [0, 0.1) is 6.92 Å². The number of pyridine rings is 1. The van der Waals surface area contributed by atoms with E-state index in [1.165, 1.54) is 0 Å². The first-order valence-corrected chi connectivity index (χ1v) is 7.57. The molecule has 1 aromatic heterocycles. The smallest absolute Gasteiger partial charge is 0.256 e. The van der Waals surface area contributed by atoms with Crippen LogP contribution in [0.5, 0.6) is 5.88 Å². The summed E-state index contributed by atoms with van der Waals surface area (Å²) in [4.78, 5) is 16.7. The van der Waals surface area contributed by atoms with Crippen LogP contribution in [0.3, 0.4) is 0 Å². The summed E-state index contributed by atoms with van der Waals surface area (Å²) in [5.74, 6) is 0.545. The highest BCUT2D eigenvalue weighted by molar-refractivity contribution is 5.97. The minimum absolute atomic E-state index is 0.0778. The number of aryl methyl sites for hydroxylation is 1. The molecule has 0 aliphatic heterocycles. The van der Waals surface area contributed by atoms with Crippen molar-refractivity contribution in [1.29, 1.82) is 0 Å². The molecule has 1 amide bonds. The number of ether oxygens (including phenoxy) is 2. The molecule has 0 spiro atoms. The summed E-state index contributed by atoms with van der Waals surface area (Å²) in [6.07, 6.45) is 6.19. The topological polar surface area (TPSA) is 60.5 Å². The molecule has 5 nitrogen and oxygen atoms in total. The van der Waals surface area contributed by atoms with E-state index >= 15 is 0 Å². The highest BCUT2D eigenvalue weighted by Gasteiger charge is 2.41. The van der Waals surface area contributed by atoms with Crippen LogP contribution in [0.25, 0.3) is 0 Å². The first kappa shape index (κ1) is 15.8. The number of rotatable bonds is 6. The fourth-order valence-electron chi connectivity index (χ4n) is 2.70. The predicted molar refractivity (Wildman–Crippen MR) is 81.6 cm³/mol. The fourth-order valence-corrected chi connectivity index (χ4v) is 2.70. The van der Waals surface area contributed by atoms with Crippen LogP contribution in [0.1, 0.15) is 44.6 Å². The average molecular weight is 292 g/mol. The van der Waals surface area contributed by atoms with E-state index in [0.29, 0.717) is 18.2 Å². The third-order valence-electron chi connectivity index (χ3n) is 3.95. The second-order valence-corrected chi connectivity index (χ2v) is 5.55. The van der Waals surface area contributed by atoms with Gasteiger partial charge in [0.25, 0.3) is 5.91 Å². The van der Waals surface area contributed by atoms with E-state index in [9.17, 15) is 4.79 Å². The van der Waals surface area contributed by atoms with E-state index < -0.39 is 5.60 Å². The highest BCUT2D eigenvalue weighted by atomic mass is 16.5. The lowest BCUT2D eigenvalue weighted by Gasteiger charge is -2.26. The highest BCUT2D eigenvalue weighted by Crippen LogP contribution is 2.34. The molecule has 1 heterocycles. The molecule has 0 bridgehead atoms. The van der Waals surface area contributed by atoms with E-state index in [1.54, 1.807) is 13.3 Å². The quantitative estimate of drug-likeness (QED) is 0.875. The number of amides is 1. The van der Waals surface area contributed by atoms with Crippen molar-refractivity contribution in [2.45, 2.75) is 51.6 Å². The van der Waals surface area contributed by atoms with Crippen molar-refractivity contribution in [2.24, 2.45) is 0 Å². The third kappa shape index (κ3) is 3.53. The molecular formula is C16H24N2O3. The molecule has 1 aliphatic rings. The van der Waals surface area contributed by atoms with Gasteiger partial charge in [-0.05, 0) is 45.1 Å². The molecule has 0 aromatic carbocycles. The van der Waals surface area contributed by atoms with Gasteiger partial charge in [0.2, 0.25) is 5.88 Å². The molecule has 1 fully saturated rings. The Morgan fingerprint density at radius 1 is 1.43 bits per heavy atom. The Bertz CT molecular complexity index is 496. The van der Waals surface area contributed by atoms with Crippen molar-refractivity contribution in [2.75, 3.05) is 19.0 Å². The van der Waals surface area contributed by atoms with Crippen LogP contribution in [0.2, 0.25) is 0 Å². The number of aromatic nitrogens is 1. The van der Waals surface area contributed by atoms with E-state index in [1.807, 2.05) is 13.0 Å². The minimum Gasteiger partial charge on any atom is -0.477 e. The first-order chi connectivity index (χ1) is 10.1. The average Bonchev–Trinajstić information content (AvgIpc) is 2.96. The van der Waals surface area contributed by atoms with Crippen molar-refractivity contribution in [1.82, 2.24) is 4.98 Å². The summed E-state index contributed by atoms with van der Waals surface area (Å²) < 4.78 is 11.0. The first-order valence-electron chi connectivity index (χ1n) is 7.57. The lowest BCUT2D eigenvalue weighted by molar-refractivity contribution is -0.137. The number of nitrogens with one attached hydrogen (secondary N) is 1. The Balaban J connectivity index is 2.05. The van der Waals surface area contributed by atoms with Gasteiger partial charge in [-0.25, -0.2) is 4.98 Å². The summed E-state index contributed by atoms with van der Waals surface area (Å²) >= 11 is 0. The fraction of sp³-hybridized carbons (Fsp3) is 0.625.